The Kier molecular flexibility index (Phi) is 8.67. The number of rotatable bonds is 6. The molecule has 1 aromatic heterocycles. The Bertz CT molecular complexity index is 1110. The van der Waals surface area contributed by atoms with Crippen LogP contribution in [0.4, 0.5) is 24.5 Å². The second kappa shape index (κ2) is 11.2. The van der Waals surface area contributed by atoms with Crippen molar-refractivity contribution in [2.45, 2.75) is 40.0 Å². The summed E-state index contributed by atoms with van der Waals surface area (Å²) in [7, 11) is 0. The first kappa shape index (κ1) is 25.5. The van der Waals surface area contributed by atoms with Crippen LogP contribution in [0.2, 0.25) is 0 Å². The van der Waals surface area contributed by atoms with Gasteiger partial charge in [-0.1, -0.05) is 24.3 Å². The van der Waals surface area contributed by atoms with E-state index < -0.39 is 17.6 Å². The molecule has 6 nitrogen and oxygen atoms in total. The van der Waals surface area contributed by atoms with Crippen molar-refractivity contribution < 1.29 is 18.0 Å². The first-order valence-electron chi connectivity index (χ1n) is 10.2. The third kappa shape index (κ3) is 6.86. The van der Waals surface area contributed by atoms with Crippen LogP contribution in [0.5, 0.6) is 0 Å². The molecule has 1 amide bonds. The van der Waals surface area contributed by atoms with Crippen molar-refractivity contribution in [2.75, 3.05) is 11.1 Å². The molecule has 0 aliphatic rings. The number of allylic oxidation sites excluding steroid dienone is 1. The number of anilines is 2. The summed E-state index contributed by atoms with van der Waals surface area (Å²) in [6, 6.07) is 9.83. The summed E-state index contributed by atoms with van der Waals surface area (Å²) >= 11 is 0. The van der Waals surface area contributed by atoms with Gasteiger partial charge >= 0.3 is 6.18 Å². The van der Waals surface area contributed by atoms with E-state index in [1.807, 2.05) is 20.8 Å². The minimum atomic E-state index is -4.48. The summed E-state index contributed by atoms with van der Waals surface area (Å²) in [5, 5.41) is 12.8. The minimum absolute atomic E-state index is 0.00530. The molecule has 0 aliphatic carbocycles. The Balaban J connectivity index is 0.00000122. The number of aromatic amines is 1. The summed E-state index contributed by atoms with van der Waals surface area (Å²) in [4.78, 5) is 12.4. The molecule has 0 fully saturated rings. The van der Waals surface area contributed by atoms with E-state index in [0.717, 1.165) is 23.0 Å². The molecular weight excluding hydrogens is 431 g/mol. The van der Waals surface area contributed by atoms with E-state index in [9.17, 15) is 18.0 Å². The maximum atomic E-state index is 13.1. The van der Waals surface area contributed by atoms with E-state index >= 15 is 0 Å². The number of carbonyl (C=O) groups excluding carboxylic acids is 1. The third-order valence-electron chi connectivity index (χ3n) is 4.88. The third-order valence-corrected chi connectivity index (χ3v) is 4.88. The molecule has 0 saturated carbocycles. The highest BCUT2D eigenvalue weighted by Crippen LogP contribution is 2.31. The Morgan fingerprint density at radius 2 is 1.85 bits per heavy atom. The molecular formula is C24H28F3N5O. The Hall–Kier alpha value is -3.75. The van der Waals surface area contributed by atoms with Crippen molar-refractivity contribution in [3.63, 3.8) is 0 Å². The van der Waals surface area contributed by atoms with Gasteiger partial charge in [-0.05, 0) is 56.2 Å². The lowest BCUT2D eigenvalue weighted by Gasteiger charge is -2.14. The van der Waals surface area contributed by atoms with Crippen LogP contribution >= 0.6 is 0 Å². The molecule has 1 heterocycles. The average Bonchev–Trinajstić information content (AvgIpc) is 3.09. The van der Waals surface area contributed by atoms with Crippen LogP contribution < -0.4 is 16.4 Å². The number of benzene rings is 2. The maximum absolute atomic E-state index is 13.1. The van der Waals surface area contributed by atoms with E-state index in [1.54, 1.807) is 18.2 Å². The van der Waals surface area contributed by atoms with Gasteiger partial charge in [-0.15, -0.1) is 6.58 Å². The molecule has 9 heteroatoms. The van der Waals surface area contributed by atoms with Gasteiger partial charge in [0.2, 0.25) is 0 Å². The van der Waals surface area contributed by atoms with Gasteiger partial charge in [0.1, 0.15) is 0 Å². The van der Waals surface area contributed by atoms with Crippen LogP contribution in [0, 0.1) is 13.8 Å². The fourth-order valence-electron chi connectivity index (χ4n) is 2.98. The number of amides is 1. The Labute approximate surface area is 191 Å². The fraction of sp³-hybridized carbons (Fsp3) is 0.250. The second-order valence-electron chi connectivity index (χ2n) is 7.32. The molecule has 0 radical (unpaired) electrons. The van der Waals surface area contributed by atoms with Gasteiger partial charge < -0.3 is 16.4 Å². The number of nitrogens with two attached hydrogens (primary N) is 1. The van der Waals surface area contributed by atoms with Crippen LogP contribution in [0.15, 0.2) is 55.1 Å². The van der Waals surface area contributed by atoms with Gasteiger partial charge in [0, 0.05) is 17.8 Å². The Morgan fingerprint density at radius 3 is 2.42 bits per heavy atom. The maximum Gasteiger partial charge on any atom is 0.416 e. The van der Waals surface area contributed by atoms with Crippen LogP contribution in [0.3, 0.4) is 0 Å². The number of carbonyl (C=O) groups is 1. The fourth-order valence-corrected chi connectivity index (χ4v) is 2.98. The van der Waals surface area contributed by atoms with Crippen molar-refractivity contribution in [2.24, 2.45) is 0 Å². The number of hydrogen-bond acceptors (Lipinski definition) is 4. The van der Waals surface area contributed by atoms with Gasteiger partial charge in [-0.25, -0.2) is 0 Å². The predicted molar refractivity (Wildman–Crippen MR) is 125 cm³/mol. The smallest absolute Gasteiger partial charge is 0.397 e. The SMILES string of the molecule is C=CC.Cc1[nH]nc(CNc2ccc(C(=O)NCc3ccccc3C(F)(F)F)cc2N)c1C. The van der Waals surface area contributed by atoms with Gasteiger partial charge in [0.15, 0.2) is 0 Å². The summed E-state index contributed by atoms with van der Waals surface area (Å²) < 4.78 is 39.2. The molecule has 0 aliphatic heterocycles. The topological polar surface area (TPSA) is 95.8 Å². The van der Waals surface area contributed by atoms with Gasteiger partial charge in [-0.3, -0.25) is 9.89 Å². The molecule has 176 valence electrons. The number of nitrogens with one attached hydrogen (secondary N) is 3. The van der Waals surface area contributed by atoms with Crippen molar-refractivity contribution in [3.8, 4) is 0 Å². The number of aromatic nitrogens is 2. The van der Waals surface area contributed by atoms with Crippen molar-refractivity contribution >= 4 is 17.3 Å². The summed E-state index contributed by atoms with van der Waals surface area (Å²) in [5.41, 5.74) is 9.40. The summed E-state index contributed by atoms with van der Waals surface area (Å²) in [6.45, 7) is 9.36. The zero-order valence-electron chi connectivity index (χ0n) is 18.8. The molecule has 0 saturated heterocycles. The zero-order chi connectivity index (χ0) is 24.6. The largest absolute Gasteiger partial charge is 0.416 e. The van der Waals surface area contributed by atoms with Gasteiger partial charge in [-0.2, -0.15) is 18.3 Å². The summed E-state index contributed by atoms with van der Waals surface area (Å²) in [5.74, 6) is -0.510. The normalized spacial score (nSPS) is 10.7. The molecule has 3 aromatic rings. The Morgan fingerprint density at radius 1 is 1.18 bits per heavy atom. The standard InChI is InChI=1S/C21H22F3N5O.C3H6/c1-12-13(2)28-29-19(12)11-26-18-8-7-14(9-17(18)25)20(30)27-10-15-5-3-4-6-16(15)21(22,23)24;1-3-2/h3-9,26H,10-11,25H2,1-2H3,(H,27,30)(H,28,29);3H,1H2,2H3. The number of H-pyrrole nitrogens is 1. The molecule has 5 N–H and O–H groups in total. The molecule has 0 spiro atoms. The van der Waals surface area contributed by atoms with Crippen molar-refractivity contribution in [1.82, 2.24) is 15.5 Å². The summed E-state index contributed by atoms with van der Waals surface area (Å²) in [6.07, 6.45) is -2.73. The van der Waals surface area contributed by atoms with E-state index in [4.69, 9.17) is 5.73 Å². The molecule has 0 unspecified atom stereocenters. The number of halogens is 3. The lowest BCUT2D eigenvalue weighted by atomic mass is 10.1. The minimum Gasteiger partial charge on any atom is -0.397 e. The van der Waals surface area contributed by atoms with E-state index in [0.29, 0.717) is 17.9 Å². The highest BCUT2D eigenvalue weighted by molar-refractivity contribution is 5.96. The first-order chi connectivity index (χ1) is 15.6. The molecule has 3 rings (SSSR count). The van der Waals surface area contributed by atoms with Crippen molar-refractivity contribution in [3.05, 3.63) is 88.8 Å². The molecule has 2 aromatic carbocycles. The van der Waals surface area contributed by atoms with Gasteiger partial charge in [0.05, 0.1) is 29.2 Å². The van der Waals surface area contributed by atoms with E-state index in [2.05, 4.69) is 27.4 Å². The lowest BCUT2D eigenvalue weighted by Crippen LogP contribution is -2.24. The van der Waals surface area contributed by atoms with Crippen LogP contribution in [-0.4, -0.2) is 16.1 Å². The lowest BCUT2D eigenvalue weighted by molar-refractivity contribution is -0.138. The molecule has 0 atom stereocenters. The average molecular weight is 460 g/mol. The van der Waals surface area contributed by atoms with Crippen molar-refractivity contribution in [1.29, 1.82) is 0 Å². The highest BCUT2D eigenvalue weighted by atomic mass is 19.4. The first-order valence-corrected chi connectivity index (χ1v) is 10.2. The monoisotopic (exact) mass is 459 g/mol. The van der Waals surface area contributed by atoms with Crippen LogP contribution in [0.25, 0.3) is 0 Å². The quantitative estimate of drug-likeness (QED) is 0.295. The number of aryl methyl sites for hydroxylation is 1. The number of nitrogens with zero attached hydrogens (tertiary/aromatic N) is 1. The van der Waals surface area contributed by atoms with E-state index in [1.165, 1.54) is 24.3 Å². The second-order valence-corrected chi connectivity index (χ2v) is 7.32. The van der Waals surface area contributed by atoms with E-state index in [-0.39, 0.29) is 17.7 Å². The van der Waals surface area contributed by atoms with Gasteiger partial charge in [0.25, 0.3) is 5.91 Å². The zero-order valence-corrected chi connectivity index (χ0v) is 18.8. The highest BCUT2D eigenvalue weighted by Gasteiger charge is 2.32. The van der Waals surface area contributed by atoms with Crippen LogP contribution in [0.1, 0.15) is 45.4 Å². The number of hydrogen-bond donors (Lipinski definition) is 4. The molecule has 0 bridgehead atoms. The predicted octanol–water partition coefficient (Wildman–Crippen LogP) is 5.36. The number of alkyl halides is 3. The number of nitrogen functional groups attached to an aromatic ring is 1. The molecule has 33 heavy (non-hydrogen) atoms. The van der Waals surface area contributed by atoms with Crippen LogP contribution in [-0.2, 0) is 19.3 Å².